The molecule has 0 atom stereocenters. The summed E-state index contributed by atoms with van der Waals surface area (Å²) in [4.78, 5) is 4.39. The number of anilines is 1. The van der Waals surface area contributed by atoms with Gasteiger partial charge in [-0.1, -0.05) is 30.3 Å². The summed E-state index contributed by atoms with van der Waals surface area (Å²) >= 11 is 0. The molecule has 3 rings (SSSR count). The highest BCUT2D eigenvalue weighted by Crippen LogP contribution is 2.23. The molecule has 2 aromatic carbocycles. The number of fused-ring (bicyclic) bond motifs is 1. The van der Waals surface area contributed by atoms with Crippen molar-refractivity contribution in [2.75, 3.05) is 12.3 Å². The second-order valence-corrected chi connectivity index (χ2v) is 5.03. The van der Waals surface area contributed by atoms with E-state index in [1.54, 1.807) is 6.20 Å². The van der Waals surface area contributed by atoms with Gasteiger partial charge in [0.2, 0.25) is 0 Å². The molecule has 21 heavy (non-hydrogen) atoms. The largest absolute Gasteiger partial charge is 0.491 e. The Hall–Kier alpha value is -2.55. The molecule has 0 aliphatic heterocycles. The van der Waals surface area contributed by atoms with Gasteiger partial charge in [0.15, 0.2) is 0 Å². The molecule has 0 radical (unpaired) electrons. The van der Waals surface area contributed by atoms with Crippen molar-refractivity contribution in [1.82, 2.24) is 4.98 Å². The minimum Gasteiger partial charge on any atom is -0.491 e. The number of nitrogens with two attached hydrogens (primary N) is 1. The predicted octanol–water partition coefficient (Wildman–Crippen LogP) is 3.83. The van der Waals surface area contributed by atoms with E-state index in [4.69, 9.17) is 10.5 Å². The van der Waals surface area contributed by atoms with Crippen molar-refractivity contribution in [1.29, 1.82) is 0 Å². The number of nitrogen functional groups attached to an aromatic ring is 1. The van der Waals surface area contributed by atoms with Crippen LogP contribution in [0.4, 0.5) is 5.69 Å². The summed E-state index contributed by atoms with van der Waals surface area (Å²) in [6, 6.07) is 18.0. The van der Waals surface area contributed by atoms with E-state index in [0.717, 1.165) is 35.2 Å². The molecule has 0 unspecified atom stereocenters. The van der Waals surface area contributed by atoms with Crippen LogP contribution in [0.3, 0.4) is 0 Å². The van der Waals surface area contributed by atoms with E-state index < -0.39 is 0 Å². The van der Waals surface area contributed by atoms with Gasteiger partial charge in [0.25, 0.3) is 0 Å². The van der Waals surface area contributed by atoms with Gasteiger partial charge >= 0.3 is 0 Å². The molecule has 2 N–H and O–H groups in total. The lowest BCUT2D eigenvalue weighted by Gasteiger charge is -2.08. The number of nitrogens with zero attached hydrogens (tertiary/aromatic N) is 1. The van der Waals surface area contributed by atoms with Gasteiger partial charge < -0.3 is 10.5 Å². The number of pyridine rings is 1. The minimum atomic E-state index is 0.671. The average Bonchev–Trinajstić information content (AvgIpc) is 2.52. The van der Waals surface area contributed by atoms with Crippen LogP contribution in [0.1, 0.15) is 12.0 Å². The van der Waals surface area contributed by atoms with Crippen LogP contribution >= 0.6 is 0 Å². The van der Waals surface area contributed by atoms with Crippen molar-refractivity contribution in [3.05, 3.63) is 66.4 Å². The van der Waals surface area contributed by atoms with Gasteiger partial charge in [0.1, 0.15) is 11.3 Å². The van der Waals surface area contributed by atoms with Crippen LogP contribution < -0.4 is 10.5 Å². The summed E-state index contributed by atoms with van der Waals surface area (Å²) in [6.45, 7) is 0.671. The second-order valence-electron chi connectivity index (χ2n) is 5.03. The van der Waals surface area contributed by atoms with Gasteiger partial charge in [-0.3, -0.25) is 4.98 Å². The van der Waals surface area contributed by atoms with E-state index in [2.05, 4.69) is 11.1 Å². The number of para-hydroxylation sites is 1. The molecule has 0 bridgehead atoms. The zero-order valence-corrected chi connectivity index (χ0v) is 11.8. The standard InChI is InChI=1S/C18H18N2O/c19-16-9-1-5-14(13-16)6-4-12-21-17-10-2-7-15-8-3-11-20-18(15)17/h1-3,5,7-11,13H,4,6,12,19H2. The predicted molar refractivity (Wildman–Crippen MR) is 86.4 cm³/mol. The van der Waals surface area contributed by atoms with Crippen LogP contribution in [-0.4, -0.2) is 11.6 Å². The van der Waals surface area contributed by atoms with Crippen molar-refractivity contribution in [2.24, 2.45) is 0 Å². The normalized spacial score (nSPS) is 10.7. The highest BCUT2D eigenvalue weighted by molar-refractivity contribution is 5.84. The van der Waals surface area contributed by atoms with Crippen molar-refractivity contribution >= 4 is 16.6 Å². The summed E-state index contributed by atoms with van der Waals surface area (Å²) in [7, 11) is 0. The molecule has 0 saturated carbocycles. The molecule has 0 fully saturated rings. The van der Waals surface area contributed by atoms with Crippen LogP contribution in [0.5, 0.6) is 5.75 Å². The van der Waals surface area contributed by atoms with Crippen LogP contribution in [0, 0.1) is 0 Å². The molecule has 1 heterocycles. The van der Waals surface area contributed by atoms with E-state index in [1.807, 2.05) is 48.5 Å². The first-order valence-electron chi connectivity index (χ1n) is 7.14. The fraction of sp³-hybridized carbons (Fsp3) is 0.167. The lowest BCUT2D eigenvalue weighted by molar-refractivity contribution is 0.314. The van der Waals surface area contributed by atoms with E-state index >= 15 is 0 Å². The van der Waals surface area contributed by atoms with Crippen molar-refractivity contribution in [2.45, 2.75) is 12.8 Å². The first kappa shape index (κ1) is 13.4. The molecule has 1 aromatic heterocycles. The van der Waals surface area contributed by atoms with Crippen molar-refractivity contribution in [3.63, 3.8) is 0 Å². The third-order valence-corrected chi connectivity index (χ3v) is 3.41. The monoisotopic (exact) mass is 278 g/mol. The Morgan fingerprint density at radius 1 is 1.00 bits per heavy atom. The van der Waals surface area contributed by atoms with Crippen LogP contribution in [0.2, 0.25) is 0 Å². The molecular formula is C18H18N2O. The van der Waals surface area contributed by atoms with Crippen LogP contribution in [0.15, 0.2) is 60.8 Å². The number of rotatable bonds is 5. The molecule has 0 spiro atoms. The topological polar surface area (TPSA) is 48.1 Å². The van der Waals surface area contributed by atoms with Gasteiger partial charge in [0.05, 0.1) is 6.61 Å². The lowest BCUT2D eigenvalue weighted by Crippen LogP contribution is -2.00. The van der Waals surface area contributed by atoms with Crippen LogP contribution in [0.25, 0.3) is 10.9 Å². The first-order chi connectivity index (χ1) is 10.3. The maximum atomic E-state index is 5.88. The lowest BCUT2D eigenvalue weighted by atomic mass is 10.1. The van der Waals surface area contributed by atoms with E-state index in [0.29, 0.717) is 6.61 Å². The second kappa shape index (κ2) is 6.27. The quantitative estimate of drug-likeness (QED) is 0.570. The highest BCUT2D eigenvalue weighted by Gasteiger charge is 2.02. The van der Waals surface area contributed by atoms with Crippen LogP contribution in [-0.2, 0) is 6.42 Å². The summed E-state index contributed by atoms with van der Waals surface area (Å²) in [5, 5.41) is 1.10. The first-order valence-corrected chi connectivity index (χ1v) is 7.14. The third-order valence-electron chi connectivity index (χ3n) is 3.41. The zero-order valence-electron chi connectivity index (χ0n) is 11.8. The Bertz CT molecular complexity index is 735. The highest BCUT2D eigenvalue weighted by atomic mass is 16.5. The fourth-order valence-corrected chi connectivity index (χ4v) is 2.40. The fourth-order valence-electron chi connectivity index (χ4n) is 2.40. The van der Waals surface area contributed by atoms with Crippen molar-refractivity contribution < 1.29 is 4.74 Å². The minimum absolute atomic E-state index is 0.671. The Labute approximate surface area is 124 Å². The Morgan fingerprint density at radius 2 is 1.86 bits per heavy atom. The molecule has 0 saturated heterocycles. The number of hydrogen-bond donors (Lipinski definition) is 1. The Kier molecular flexibility index (Phi) is 4.01. The van der Waals surface area contributed by atoms with Gasteiger partial charge in [-0.15, -0.1) is 0 Å². The molecule has 3 heteroatoms. The van der Waals surface area contributed by atoms with E-state index in [9.17, 15) is 0 Å². The Morgan fingerprint density at radius 3 is 2.76 bits per heavy atom. The van der Waals surface area contributed by atoms with E-state index in [-0.39, 0.29) is 0 Å². The number of hydrogen-bond acceptors (Lipinski definition) is 3. The van der Waals surface area contributed by atoms with Gasteiger partial charge in [-0.25, -0.2) is 0 Å². The third kappa shape index (κ3) is 3.31. The molecule has 3 nitrogen and oxygen atoms in total. The molecular weight excluding hydrogens is 260 g/mol. The number of aromatic nitrogens is 1. The molecule has 3 aromatic rings. The van der Waals surface area contributed by atoms with E-state index in [1.165, 1.54) is 5.56 Å². The summed E-state index contributed by atoms with van der Waals surface area (Å²) < 4.78 is 5.88. The number of aryl methyl sites for hydroxylation is 1. The number of ether oxygens (including phenoxy) is 1. The maximum absolute atomic E-state index is 5.88. The number of benzene rings is 2. The van der Waals surface area contributed by atoms with Gasteiger partial charge in [-0.05, 0) is 42.7 Å². The molecule has 106 valence electrons. The summed E-state index contributed by atoms with van der Waals surface area (Å²) in [5.41, 5.74) is 8.75. The zero-order chi connectivity index (χ0) is 14.5. The molecule has 0 amide bonds. The van der Waals surface area contributed by atoms with Gasteiger partial charge in [0, 0.05) is 17.3 Å². The average molecular weight is 278 g/mol. The molecule has 0 aliphatic rings. The smallest absolute Gasteiger partial charge is 0.145 e. The molecule has 0 aliphatic carbocycles. The maximum Gasteiger partial charge on any atom is 0.145 e. The van der Waals surface area contributed by atoms with Crippen molar-refractivity contribution in [3.8, 4) is 5.75 Å². The summed E-state index contributed by atoms with van der Waals surface area (Å²) in [5.74, 6) is 0.848. The summed E-state index contributed by atoms with van der Waals surface area (Å²) in [6.07, 6.45) is 3.71. The SMILES string of the molecule is Nc1cccc(CCCOc2cccc3cccnc23)c1. The Balaban J connectivity index is 1.60. The van der Waals surface area contributed by atoms with Gasteiger partial charge in [-0.2, -0.15) is 0 Å².